The van der Waals surface area contributed by atoms with Crippen LogP contribution in [-0.2, 0) is 14.3 Å². The first-order chi connectivity index (χ1) is 16.3. The number of hydrazone groups is 1. The zero-order valence-electron chi connectivity index (χ0n) is 18.7. The van der Waals surface area contributed by atoms with Crippen LogP contribution in [0.1, 0.15) is 37.4 Å². The third-order valence-electron chi connectivity index (χ3n) is 4.23. The molecule has 0 aromatic heterocycles. The second kappa shape index (κ2) is 13.8. The van der Waals surface area contributed by atoms with E-state index >= 15 is 0 Å². The van der Waals surface area contributed by atoms with Gasteiger partial charge in [-0.05, 0) is 53.0 Å². The van der Waals surface area contributed by atoms with Crippen LogP contribution < -0.4 is 20.2 Å². The third-order valence-corrected chi connectivity index (χ3v) is 4.82. The summed E-state index contributed by atoms with van der Waals surface area (Å²) in [7, 11) is 0. The number of ether oxygens (including phenoxy) is 3. The van der Waals surface area contributed by atoms with Gasteiger partial charge in [0.2, 0.25) is 5.91 Å². The number of carbonyl (C=O) groups excluding carboxylic acids is 2. The van der Waals surface area contributed by atoms with E-state index in [0.717, 1.165) is 5.56 Å². The number of aliphatic carboxylic acids is 1. The molecule has 0 saturated carbocycles. The van der Waals surface area contributed by atoms with Gasteiger partial charge in [0.25, 0.3) is 0 Å². The number of alkyl carbamates (subject to hydrolysis) is 1. The molecule has 0 unspecified atom stereocenters. The van der Waals surface area contributed by atoms with Crippen LogP contribution in [0, 0.1) is 0 Å². The summed E-state index contributed by atoms with van der Waals surface area (Å²) in [5, 5.41) is 15.5. The molecule has 2 aromatic carbocycles. The normalized spacial score (nSPS) is 11.5. The molecule has 0 aliphatic heterocycles. The van der Waals surface area contributed by atoms with Gasteiger partial charge in [0.15, 0.2) is 18.1 Å². The van der Waals surface area contributed by atoms with Crippen molar-refractivity contribution in [1.29, 1.82) is 0 Å². The number of amides is 2. The number of nitrogens with zero attached hydrogens (tertiary/aromatic N) is 1. The monoisotopic (exact) mass is 535 g/mol. The number of hydrogen-bond acceptors (Lipinski definition) is 7. The number of carboxylic acid groups (broad SMARTS) is 1. The van der Waals surface area contributed by atoms with Crippen LogP contribution in [0.4, 0.5) is 4.79 Å². The number of hydrogen-bond donors (Lipinski definition) is 3. The maximum Gasteiger partial charge on any atom is 0.407 e. The summed E-state index contributed by atoms with van der Waals surface area (Å²) < 4.78 is 16.2. The highest BCUT2D eigenvalue weighted by Crippen LogP contribution is 2.36. The molecule has 0 heterocycles. The van der Waals surface area contributed by atoms with Gasteiger partial charge < -0.3 is 24.6 Å². The van der Waals surface area contributed by atoms with Crippen LogP contribution in [0.15, 0.2) is 52.0 Å². The highest BCUT2D eigenvalue weighted by Gasteiger charge is 2.19. The number of carbonyl (C=O) groups is 3. The fourth-order valence-electron chi connectivity index (χ4n) is 2.86. The third kappa shape index (κ3) is 8.74. The van der Waals surface area contributed by atoms with Crippen molar-refractivity contribution >= 4 is 40.1 Å². The zero-order valence-corrected chi connectivity index (χ0v) is 20.3. The molecule has 0 fully saturated rings. The van der Waals surface area contributed by atoms with Gasteiger partial charge in [0.1, 0.15) is 0 Å². The SMILES string of the molecule is CCOC(=O)N[C@H](CC(=O)N/N=C\c1cc(Br)c(OCC(=O)O)c(OCC)c1)c1ccccc1. The van der Waals surface area contributed by atoms with Crippen molar-refractivity contribution in [2.24, 2.45) is 5.10 Å². The van der Waals surface area contributed by atoms with Gasteiger partial charge in [-0.3, -0.25) is 4.79 Å². The van der Waals surface area contributed by atoms with Crippen molar-refractivity contribution in [2.75, 3.05) is 19.8 Å². The molecule has 2 rings (SSSR count). The van der Waals surface area contributed by atoms with Crippen LogP contribution >= 0.6 is 15.9 Å². The molecule has 2 amide bonds. The van der Waals surface area contributed by atoms with E-state index in [0.29, 0.717) is 22.4 Å². The summed E-state index contributed by atoms with van der Waals surface area (Å²) in [6.07, 6.45) is 0.726. The summed E-state index contributed by atoms with van der Waals surface area (Å²) in [6, 6.07) is 11.7. The Balaban J connectivity index is 2.08. The number of rotatable bonds is 12. The average Bonchev–Trinajstić information content (AvgIpc) is 2.79. The van der Waals surface area contributed by atoms with Crippen LogP contribution in [0.2, 0.25) is 0 Å². The minimum atomic E-state index is -1.12. The Kier molecular flexibility index (Phi) is 10.8. The van der Waals surface area contributed by atoms with E-state index < -0.39 is 30.6 Å². The first-order valence-electron chi connectivity index (χ1n) is 10.4. The van der Waals surface area contributed by atoms with Gasteiger partial charge >= 0.3 is 12.1 Å². The van der Waals surface area contributed by atoms with Crippen LogP contribution in [-0.4, -0.2) is 49.1 Å². The minimum absolute atomic E-state index is 0.0595. The molecule has 0 saturated heterocycles. The molecule has 0 aliphatic rings. The Hall–Kier alpha value is -3.60. The lowest BCUT2D eigenvalue weighted by Crippen LogP contribution is -2.33. The van der Waals surface area contributed by atoms with E-state index in [2.05, 4.69) is 31.8 Å². The largest absolute Gasteiger partial charge is 0.490 e. The Morgan fingerprint density at radius 1 is 1.12 bits per heavy atom. The first-order valence-corrected chi connectivity index (χ1v) is 11.2. The van der Waals surface area contributed by atoms with Crippen molar-refractivity contribution in [2.45, 2.75) is 26.3 Å². The predicted octanol–water partition coefficient (Wildman–Crippen LogP) is 3.64. The number of benzene rings is 2. The predicted molar refractivity (Wildman–Crippen MR) is 128 cm³/mol. The molecule has 10 nitrogen and oxygen atoms in total. The van der Waals surface area contributed by atoms with Crippen molar-refractivity contribution in [3.63, 3.8) is 0 Å². The Morgan fingerprint density at radius 3 is 2.50 bits per heavy atom. The van der Waals surface area contributed by atoms with Crippen molar-refractivity contribution < 1.29 is 33.7 Å². The van der Waals surface area contributed by atoms with Crippen molar-refractivity contribution in [1.82, 2.24) is 10.7 Å². The molecule has 11 heteroatoms. The molecular weight excluding hydrogens is 510 g/mol. The van der Waals surface area contributed by atoms with Crippen LogP contribution in [0.3, 0.4) is 0 Å². The molecule has 34 heavy (non-hydrogen) atoms. The summed E-state index contributed by atoms with van der Waals surface area (Å²) in [4.78, 5) is 35.2. The van der Waals surface area contributed by atoms with E-state index in [-0.39, 0.29) is 18.8 Å². The first kappa shape index (κ1) is 26.7. The van der Waals surface area contributed by atoms with Gasteiger partial charge in [-0.15, -0.1) is 0 Å². The zero-order chi connectivity index (χ0) is 24.9. The van der Waals surface area contributed by atoms with Gasteiger partial charge in [0, 0.05) is 0 Å². The lowest BCUT2D eigenvalue weighted by atomic mass is 10.0. The smallest absolute Gasteiger partial charge is 0.407 e. The summed E-state index contributed by atoms with van der Waals surface area (Å²) >= 11 is 3.33. The highest BCUT2D eigenvalue weighted by molar-refractivity contribution is 9.10. The fourth-order valence-corrected chi connectivity index (χ4v) is 3.44. The number of carboxylic acids is 1. The van der Waals surface area contributed by atoms with E-state index in [1.165, 1.54) is 6.21 Å². The number of halogens is 1. The standard InChI is InChI=1S/C23H26BrN3O7/c1-3-32-19-11-15(10-17(24)22(19)34-14-21(29)30)13-25-27-20(28)12-18(26-23(31)33-4-2)16-8-6-5-7-9-16/h5-11,13,18H,3-4,12,14H2,1-2H3,(H,26,31)(H,27,28)(H,29,30)/b25-13-/t18-/m1/s1. The number of nitrogens with one attached hydrogen (secondary N) is 2. The van der Waals surface area contributed by atoms with Crippen LogP contribution in [0.25, 0.3) is 0 Å². The molecule has 2 aromatic rings. The van der Waals surface area contributed by atoms with E-state index in [9.17, 15) is 14.4 Å². The quantitative estimate of drug-likeness (QED) is 0.278. The van der Waals surface area contributed by atoms with Crippen molar-refractivity contribution in [3.8, 4) is 11.5 Å². The van der Waals surface area contributed by atoms with E-state index in [4.69, 9.17) is 19.3 Å². The maximum absolute atomic E-state index is 12.5. The molecule has 0 aliphatic carbocycles. The topological polar surface area (TPSA) is 136 Å². The van der Waals surface area contributed by atoms with Crippen LogP contribution in [0.5, 0.6) is 11.5 Å². The van der Waals surface area contributed by atoms with Gasteiger partial charge in [-0.25, -0.2) is 15.0 Å². The summed E-state index contributed by atoms with van der Waals surface area (Å²) in [5.41, 5.74) is 3.75. The molecule has 1 atom stereocenters. The van der Waals surface area contributed by atoms with Gasteiger partial charge in [-0.1, -0.05) is 30.3 Å². The summed E-state index contributed by atoms with van der Waals surface area (Å²) in [6.45, 7) is 3.50. The minimum Gasteiger partial charge on any atom is -0.490 e. The lowest BCUT2D eigenvalue weighted by molar-refractivity contribution is -0.139. The molecule has 0 radical (unpaired) electrons. The molecule has 3 N–H and O–H groups in total. The molecule has 182 valence electrons. The Labute approximate surface area is 205 Å². The van der Waals surface area contributed by atoms with Gasteiger partial charge in [-0.2, -0.15) is 5.10 Å². The second-order valence-electron chi connectivity index (χ2n) is 6.77. The molecule has 0 bridgehead atoms. The molecule has 0 spiro atoms. The lowest BCUT2D eigenvalue weighted by Gasteiger charge is -2.18. The van der Waals surface area contributed by atoms with Gasteiger partial charge in [0.05, 0.1) is 36.4 Å². The Morgan fingerprint density at radius 2 is 1.85 bits per heavy atom. The summed E-state index contributed by atoms with van der Waals surface area (Å²) in [5.74, 6) is -0.962. The highest BCUT2D eigenvalue weighted by atomic mass is 79.9. The fraction of sp³-hybridized carbons (Fsp3) is 0.304. The Bertz CT molecular complexity index is 1020. The average molecular weight is 536 g/mol. The van der Waals surface area contributed by atoms with Crippen molar-refractivity contribution in [3.05, 3.63) is 58.1 Å². The van der Waals surface area contributed by atoms with E-state index in [1.807, 2.05) is 18.2 Å². The molecular formula is C23H26BrN3O7. The van der Waals surface area contributed by atoms with E-state index in [1.54, 1.807) is 38.1 Å². The second-order valence-corrected chi connectivity index (χ2v) is 7.63. The maximum atomic E-state index is 12.5.